The van der Waals surface area contributed by atoms with Crippen molar-refractivity contribution in [2.24, 2.45) is 0 Å². The van der Waals surface area contributed by atoms with Gasteiger partial charge in [-0.15, -0.1) is 0 Å². The van der Waals surface area contributed by atoms with E-state index < -0.39 is 10.8 Å². The molecule has 7 heteroatoms. The van der Waals surface area contributed by atoms with Crippen molar-refractivity contribution in [1.82, 2.24) is 9.97 Å². The first-order valence-corrected chi connectivity index (χ1v) is 5.84. The molecule has 0 bridgehead atoms. The van der Waals surface area contributed by atoms with Crippen LogP contribution in [0.25, 0.3) is 0 Å². The third kappa shape index (κ3) is 3.14. The molecule has 1 N–H and O–H groups in total. The molecule has 0 aliphatic carbocycles. The Hall–Kier alpha value is -2.83. The maximum Gasteiger partial charge on any atom is 0.269 e. The van der Waals surface area contributed by atoms with Crippen molar-refractivity contribution in [3.8, 4) is 0 Å². The molecule has 102 valence electrons. The number of hydrogen-bond acceptors (Lipinski definition) is 5. The normalized spacial score (nSPS) is 10.1. The van der Waals surface area contributed by atoms with Crippen LogP contribution >= 0.6 is 0 Å². The molecule has 1 amide bonds. The van der Waals surface area contributed by atoms with Gasteiger partial charge in [0, 0.05) is 29.1 Å². The summed E-state index contributed by atoms with van der Waals surface area (Å²) in [6, 6.07) is 7.11. The van der Waals surface area contributed by atoms with Crippen LogP contribution in [0.5, 0.6) is 0 Å². The van der Waals surface area contributed by atoms with Gasteiger partial charge in [-0.1, -0.05) is 0 Å². The first-order valence-electron chi connectivity index (χ1n) is 5.84. The Morgan fingerprint density at radius 2 is 1.70 bits per heavy atom. The van der Waals surface area contributed by atoms with Crippen LogP contribution in [0.15, 0.2) is 30.3 Å². The number of nitrogens with one attached hydrogen (secondary N) is 1. The minimum absolute atomic E-state index is 0.0656. The van der Waals surface area contributed by atoms with Crippen molar-refractivity contribution in [3.63, 3.8) is 0 Å². The van der Waals surface area contributed by atoms with Crippen molar-refractivity contribution in [3.05, 3.63) is 57.4 Å². The summed E-state index contributed by atoms with van der Waals surface area (Å²) in [5, 5.41) is 13.1. The van der Waals surface area contributed by atoms with Gasteiger partial charge in [0.15, 0.2) is 0 Å². The van der Waals surface area contributed by atoms with Gasteiger partial charge in [-0.25, -0.2) is 9.97 Å². The number of carbonyl (C=O) groups is 1. The van der Waals surface area contributed by atoms with E-state index in [1.165, 1.54) is 24.3 Å². The van der Waals surface area contributed by atoms with Crippen LogP contribution < -0.4 is 5.32 Å². The molecule has 20 heavy (non-hydrogen) atoms. The summed E-state index contributed by atoms with van der Waals surface area (Å²) in [5.41, 5.74) is 1.73. The monoisotopic (exact) mass is 272 g/mol. The zero-order valence-corrected chi connectivity index (χ0v) is 11.0. The largest absolute Gasteiger partial charge is 0.290 e. The lowest BCUT2D eigenvalue weighted by Crippen LogP contribution is -2.14. The van der Waals surface area contributed by atoms with Gasteiger partial charge >= 0.3 is 0 Å². The fourth-order valence-electron chi connectivity index (χ4n) is 1.69. The highest BCUT2D eigenvalue weighted by Crippen LogP contribution is 2.13. The summed E-state index contributed by atoms with van der Waals surface area (Å²) in [5.74, 6) is -0.198. The van der Waals surface area contributed by atoms with Gasteiger partial charge in [0.05, 0.1) is 4.92 Å². The molecule has 0 radical (unpaired) electrons. The van der Waals surface area contributed by atoms with E-state index in [-0.39, 0.29) is 11.6 Å². The van der Waals surface area contributed by atoms with Crippen LogP contribution in [0, 0.1) is 24.0 Å². The Bertz CT molecular complexity index is 648. The number of anilines is 1. The SMILES string of the molecule is Cc1cc(C)nc(NC(=O)c2ccc([N+](=O)[O-])cc2)n1. The molecule has 1 heterocycles. The highest BCUT2D eigenvalue weighted by atomic mass is 16.6. The summed E-state index contributed by atoms with van der Waals surface area (Å²) in [6.45, 7) is 3.60. The van der Waals surface area contributed by atoms with E-state index in [0.717, 1.165) is 11.4 Å². The highest BCUT2D eigenvalue weighted by molar-refractivity contribution is 6.03. The van der Waals surface area contributed by atoms with Crippen molar-refractivity contribution in [2.45, 2.75) is 13.8 Å². The lowest BCUT2D eigenvalue weighted by molar-refractivity contribution is -0.384. The first-order chi connectivity index (χ1) is 9.45. The van der Waals surface area contributed by atoms with E-state index in [1.54, 1.807) is 19.9 Å². The number of aryl methyl sites for hydroxylation is 2. The summed E-state index contributed by atoms with van der Waals surface area (Å²) in [7, 11) is 0. The third-order valence-electron chi connectivity index (χ3n) is 2.55. The van der Waals surface area contributed by atoms with E-state index in [1.807, 2.05) is 0 Å². The first kappa shape index (κ1) is 13.6. The Balaban J connectivity index is 2.17. The molecule has 2 rings (SSSR count). The maximum atomic E-state index is 12.0. The number of nitro groups is 1. The molecule has 0 atom stereocenters. The fraction of sp³-hybridized carbons (Fsp3) is 0.154. The number of carbonyl (C=O) groups excluding carboxylic acids is 1. The molecule has 0 spiro atoms. The minimum Gasteiger partial charge on any atom is -0.290 e. The van der Waals surface area contributed by atoms with E-state index in [4.69, 9.17) is 0 Å². The molecule has 2 aromatic rings. The van der Waals surface area contributed by atoms with Gasteiger partial charge in [-0.05, 0) is 32.0 Å². The summed E-state index contributed by atoms with van der Waals surface area (Å²) in [4.78, 5) is 30.2. The van der Waals surface area contributed by atoms with Crippen LogP contribution in [0.1, 0.15) is 21.7 Å². The Labute approximate surface area is 114 Å². The van der Waals surface area contributed by atoms with Gasteiger partial charge in [0.2, 0.25) is 5.95 Å². The maximum absolute atomic E-state index is 12.0. The zero-order chi connectivity index (χ0) is 14.7. The van der Waals surface area contributed by atoms with E-state index in [0.29, 0.717) is 5.56 Å². The number of benzene rings is 1. The molecular weight excluding hydrogens is 260 g/mol. The van der Waals surface area contributed by atoms with Gasteiger partial charge in [0.1, 0.15) is 0 Å². The van der Waals surface area contributed by atoms with Gasteiger partial charge in [-0.2, -0.15) is 0 Å². The van der Waals surface area contributed by atoms with Crippen LogP contribution in [0.3, 0.4) is 0 Å². The Morgan fingerprint density at radius 3 is 2.20 bits per heavy atom. The van der Waals surface area contributed by atoms with Crippen LogP contribution in [-0.2, 0) is 0 Å². The molecule has 0 aliphatic rings. The standard InChI is InChI=1S/C13H12N4O3/c1-8-7-9(2)15-13(14-8)16-12(18)10-3-5-11(6-4-10)17(19)20/h3-7H,1-2H3,(H,14,15,16,18). The van der Waals surface area contributed by atoms with Crippen molar-refractivity contribution >= 4 is 17.5 Å². The van der Waals surface area contributed by atoms with E-state index in [9.17, 15) is 14.9 Å². The van der Waals surface area contributed by atoms with Gasteiger partial charge in [-0.3, -0.25) is 20.2 Å². The second-order valence-electron chi connectivity index (χ2n) is 4.23. The molecule has 1 aromatic heterocycles. The molecule has 0 fully saturated rings. The van der Waals surface area contributed by atoms with Gasteiger partial charge < -0.3 is 0 Å². The minimum atomic E-state index is -0.519. The number of non-ortho nitro benzene ring substituents is 1. The smallest absolute Gasteiger partial charge is 0.269 e. The van der Waals surface area contributed by atoms with Crippen LogP contribution in [-0.4, -0.2) is 20.8 Å². The van der Waals surface area contributed by atoms with Crippen LogP contribution in [0.4, 0.5) is 11.6 Å². The molecule has 7 nitrogen and oxygen atoms in total. The summed E-state index contributed by atoms with van der Waals surface area (Å²) < 4.78 is 0. The predicted octanol–water partition coefficient (Wildman–Crippen LogP) is 2.25. The second kappa shape index (κ2) is 5.43. The number of amides is 1. The van der Waals surface area contributed by atoms with E-state index in [2.05, 4.69) is 15.3 Å². The number of nitro benzene ring substituents is 1. The van der Waals surface area contributed by atoms with Crippen molar-refractivity contribution in [2.75, 3.05) is 5.32 Å². The molecule has 0 saturated heterocycles. The van der Waals surface area contributed by atoms with Gasteiger partial charge in [0.25, 0.3) is 11.6 Å². The summed E-state index contributed by atoms with van der Waals surface area (Å²) >= 11 is 0. The molecule has 0 unspecified atom stereocenters. The average Bonchev–Trinajstić information content (AvgIpc) is 2.37. The number of hydrogen-bond donors (Lipinski definition) is 1. The second-order valence-corrected chi connectivity index (χ2v) is 4.23. The Kier molecular flexibility index (Phi) is 3.69. The predicted molar refractivity (Wildman–Crippen MR) is 72.6 cm³/mol. The number of nitrogens with zero attached hydrogens (tertiary/aromatic N) is 3. The molecule has 0 saturated carbocycles. The lowest BCUT2D eigenvalue weighted by atomic mass is 10.2. The van der Waals surface area contributed by atoms with Crippen LogP contribution in [0.2, 0.25) is 0 Å². The van der Waals surface area contributed by atoms with E-state index >= 15 is 0 Å². The fourth-order valence-corrected chi connectivity index (χ4v) is 1.69. The molecule has 0 aliphatic heterocycles. The van der Waals surface area contributed by atoms with Crippen molar-refractivity contribution < 1.29 is 9.72 Å². The Morgan fingerprint density at radius 1 is 1.15 bits per heavy atom. The number of rotatable bonds is 3. The third-order valence-corrected chi connectivity index (χ3v) is 2.55. The van der Waals surface area contributed by atoms with Crippen molar-refractivity contribution in [1.29, 1.82) is 0 Å². The quantitative estimate of drug-likeness (QED) is 0.682. The summed E-state index contributed by atoms with van der Waals surface area (Å²) in [6.07, 6.45) is 0. The zero-order valence-electron chi connectivity index (χ0n) is 11.0. The molecular formula is C13H12N4O3. The topological polar surface area (TPSA) is 98.0 Å². The highest BCUT2D eigenvalue weighted by Gasteiger charge is 2.11. The lowest BCUT2D eigenvalue weighted by Gasteiger charge is -2.05. The number of aromatic nitrogens is 2. The average molecular weight is 272 g/mol. The molecule has 1 aromatic carbocycles.